The molecule has 4 heterocycles. The van der Waals surface area contributed by atoms with Gasteiger partial charge in [-0.1, -0.05) is 12.1 Å². The van der Waals surface area contributed by atoms with Crippen molar-refractivity contribution in [2.75, 3.05) is 13.2 Å². The number of benzene rings is 1. The molecule has 0 unspecified atom stereocenters. The van der Waals surface area contributed by atoms with E-state index < -0.39 is 65.8 Å². The number of rotatable bonds is 5. The molecule has 4 atom stereocenters. The fourth-order valence-corrected chi connectivity index (χ4v) is 4.93. The predicted molar refractivity (Wildman–Crippen MR) is 126 cm³/mol. The van der Waals surface area contributed by atoms with Crippen LogP contribution in [0, 0.1) is 6.92 Å². The molecule has 204 valence electrons. The summed E-state index contributed by atoms with van der Waals surface area (Å²) in [5, 5.41) is 2.63. The monoisotopic (exact) mass is 537 g/mol. The van der Waals surface area contributed by atoms with Crippen molar-refractivity contribution >= 4 is 16.9 Å². The normalized spacial score (nSPS) is 24.9. The minimum absolute atomic E-state index is 0.0108. The number of imidazole rings is 1. The topological polar surface area (TPSA) is 129 Å². The molecule has 5 rings (SSSR count). The van der Waals surface area contributed by atoms with Crippen LogP contribution >= 0.6 is 0 Å². The number of fused-ring (bicyclic) bond motifs is 2. The van der Waals surface area contributed by atoms with E-state index in [-0.39, 0.29) is 24.2 Å². The Hall–Kier alpha value is -3.49. The molecule has 14 heteroatoms. The number of aryl methyl sites for hydroxylation is 1. The van der Waals surface area contributed by atoms with E-state index in [1.54, 1.807) is 32.9 Å². The second-order valence-electron chi connectivity index (χ2n) is 9.79. The molecule has 2 saturated heterocycles. The Morgan fingerprint density at radius 3 is 2.66 bits per heavy atom. The van der Waals surface area contributed by atoms with Crippen molar-refractivity contribution in [3.63, 3.8) is 0 Å². The summed E-state index contributed by atoms with van der Waals surface area (Å²) in [5.74, 6) is -2.87. The van der Waals surface area contributed by atoms with Crippen molar-refractivity contribution in [3.8, 4) is 0 Å². The first-order chi connectivity index (χ1) is 17.8. The Morgan fingerprint density at radius 1 is 1.21 bits per heavy atom. The molecule has 3 aromatic rings. The molecular formula is C24H26F3N5O6. The summed E-state index contributed by atoms with van der Waals surface area (Å²) >= 11 is 0. The number of aromatic amines is 1. The Kier molecular flexibility index (Phi) is 6.44. The van der Waals surface area contributed by atoms with Gasteiger partial charge in [-0.3, -0.25) is 19.1 Å². The van der Waals surface area contributed by atoms with E-state index in [0.29, 0.717) is 5.56 Å². The van der Waals surface area contributed by atoms with Gasteiger partial charge < -0.3 is 24.1 Å². The Bertz CT molecular complexity index is 1490. The summed E-state index contributed by atoms with van der Waals surface area (Å²) in [5.41, 5.74) is -0.477. The van der Waals surface area contributed by atoms with Gasteiger partial charge in [0.1, 0.15) is 24.9 Å². The Labute approximate surface area is 213 Å². The molecule has 11 nitrogen and oxygen atoms in total. The number of halogens is 3. The Balaban J connectivity index is 1.33. The van der Waals surface area contributed by atoms with E-state index in [9.17, 15) is 27.6 Å². The van der Waals surface area contributed by atoms with Crippen LogP contribution in [-0.2, 0) is 31.7 Å². The second kappa shape index (κ2) is 9.36. The van der Waals surface area contributed by atoms with Crippen LogP contribution in [0.5, 0.6) is 0 Å². The third-order valence-electron chi connectivity index (χ3n) is 6.60. The smallest absolute Gasteiger partial charge is 0.371 e. The number of carbonyl (C=O) groups is 1. The number of nitrogens with one attached hydrogen (secondary N) is 2. The summed E-state index contributed by atoms with van der Waals surface area (Å²) in [4.78, 5) is 43.0. The molecule has 0 bridgehead atoms. The van der Waals surface area contributed by atoms with Crippen LogP contribution in [0.3, 0.4) is 0 Å². The lowest BCUT2D eigenvalue weighted by Crippen LogP contribution is -2.54. The molecule has 0 spiro atoms. The fourth-order valence-electron chi connectivity index (χ4n) is 4.93. The zero-order valence-corrected chi connectivity index (χ0v) is 20.7. The first-order valence-corrected chi connectivity index (χ1v) is 11.9. The molecule has 2 aliphatic heterocycles. The van der Waals surface area contributed by atoms with Crippen LogP contribution in [0.15, 0.2) is 40.1 Å². The van der Waals surface area contributed by atoms with Gasteiger partial charge in [-0.05, 0) is 32.9 Å². The lowest BCUT2D eigenvalue weighted by molar-refractivity contribution is -0.153. The summed E-state index contributed by atoms with van der Waals surface area (Å²) < 4.78 is 60.9. The maximum Gasteiger partial charge on any atom is 0.449 e. The van der Waals surface area contributed by atoms with Gasteiger partial charge in [0.15, 0.2) is 5.79 Å². The minimum Gasteiger partial charge on any atom is -0.371 e. The number of carbonyl (C=O) groups excluding carboxylic acids is 1. The zero-order valence-electron chi connectivity index (χ0n) is 20.7. The SMILES string of the molecule is Cc1cn([C@@H]2CO[C@H](CNC(=O)Cn3c(C(F)(F)F)nc4ccccc43)[C@H]3OC(C)(C)O[C@H]32)c(=O)[nH]c1=O. The number of para-hydroxylation sites is 2. The van der Waals surface area contributed by atoms with Crippen molar-refractivity contribution in [2.24, 2.45) is 0 Å². The first-order valence-electron chi connectivity index (χ1n) is 11.9. The number of ether oxygens (including phenoxy) is 3. The van der Waals surface area contributed by atoms with E-state index in [2.05, 4.69) is 15.3 Å². The largest absolute Gasteiger partial charge is 0.449 e. The van der Waals surface area contributed by atoms with Crippen molar-refractivity contribution in [2.45, 2.75) is 63.6 Å². The van der Waals surface area contributed by atoms with Gasteiger partial charge in [0.25, 0.3) is 5.56 Å². The van der Waals surface area contributed by atoms with Crippen molar-refractivity contribution in [3.05, 3.63) is 62.7 Å². The number of nitrogens with zero attached hydrogens (tertiary/aromatic N) is 3. The quantitative estimate of drug-likeness (QED) is 0.505. The lowest BCUT2D eigenvalue weighted by Gasteiger charge is -2.37. The summed E-state index contributed by atoms with van der Waals surface area (Å²) in [7, 11) is 0. The molecule has 2 aliphatic rings. The van der Waals surface area contributed by atoms with Crippen LogP contribution in [0.2, 0.25) is 0 Å². The number of hydrogen-bond acceptors (Lipinski definition) is 7. The minimum atomic E-state index is -4.74. The number of alkyl halides is 3. The summed E-state index contributed by atoms with van der Waals surface area (Å²) in [6, 6.07) is 5.42. The lowest BCUT2D eigenvalue weighted by atomic mass is 9.97. The number of aromatic nitrogens is 4. The van der Waals surface area contributed by atoms with Gasteiger partial charge in [-0.2, -0.15) is 13.2 Å². The average molecular weight is 537 g/mol. The van der Waals surface area contributed by atoms with Gasteiger partial charge in [-0.15, -0.1) is 0 Å². The molecule has 0 radical (unpaired) electrons. The van der Waals surface area contributed by atoms with Gasteiger partial charge in [0.05, 0.1) is 23.7 Å². The number of amides is 1. The van der Waals surface area contributed by atoms with Crippen LogP contribution in [0.1, 0.15) is 31.3 Å². The highest BCUT2D eigenvalue weighted by Crippen LogP contribution is 2.39. The van der Waals surface area contributed by atoms with Crippen LogP contribution < -0.4 is 16.6 Å². The van der Waals surface area contributed by atoms with Crippen LogP contribution in [-0.4, -0.2) is 62.3 Å². The third kappa shape index (κ3) is 4.86. The molecule has 2 aromatic heterocycles. The van der Waals surface area contributed by atoms with Crippen LogP contribution in [0.4, 0.5) is 13.2 Å². The van der Waals surface area contributed by atoms with Gasteiger partial charge >= 0.3 is 11.9 Å². The van der Waals surface area contributed by atoms with E-state index in [4.69, 9.17) is 14.2 Å². The van der Waals surface area contributed by atoms with Crippen molar-refractivity contribution in [1.82, 2.24) is 24.4 Å². The third-order valence-corrected chi connectivity index (χ3v) is 6.60. The molecular weight excluding hydrogens is 511 g/mol. The Morgan fingerprint density at radius 2 is 1.92 bits per heavy atom. The average Bonchev–Trinajstić information content (AvgIpc) is 3.37. The summed E-state index contributed by atoms with van der Waals surface area (Å²) in [6.45, 7) is 4.30. The first kappa shape index (κ1) is 26.1. The van der Waals surface area contributed by atoms with Crippen molar-refractivity contribution < 1.29 is 32.2 Å². The highest BCUT2D eigenvalue weighted by molar-refractivity contribution is 5.81. The molecule has 0 saturated carbocycles. The maximum absolute atomic E-state index is 13.6. The van der Waals surface area contributed by atoms with Gasteiger partial charge in [-0.25, -0.2) is 9.78 Å². The molecule has 1 aromatic carbocycles. The van der Waals surface area contributed by atoms with E-state index in [1.807, 2.05) is 0 Å². The number of H-pyrrole nitrogens is 1. The van der Waals surface area contributed by atoms with Crippen molar-refractivity contribution in [1.29, 1.82) is 0 Å². The zero-order chi connectivity index (χ0) is 27.4. The van der Waals surface area contributed by atoms with Gasteiger partial charge in [0, 0.05) is 18.3 Å². The maximum atomic E-state index is 13.6. The highest BCUT2D eigenvalue weighted by atomic mass is 19.4. The highest BCUT2D eigenvalue weighted by Gasteiger charge is 2.52. The number of hydrogen-bond donors (Lipinski definition) is 2. The molecule has 38 heavy (non-hydrogen) atoms. The predicted octanol–water partition coefficient (Wildman–Crippen LogP) is 1.49. The van der Waals surface area contributed by atoms with E-state index in [0.717, 1.165) is 4.57 Å². The molecule has 2 N–H and O–H groups in total. The molecule has 1 amide bonds. The standard InChI is InChI=1S/C24H26F3N5O6/c1-12-9-32(22(35)30-20(12)34)15-11-36-16(19-18(15)37-23(2,3)38-19)8-28-17(33)10-31-14-7-5-4-6-13(14)29-21(31)24(25,26)27/h4-7,9,15-16,18-19H,8,10-11H2,1-3H3,(H,28,33)(H,30,34,35)/t15-,16-,18+,19-/m1/s1. The second-order valence-corrected chi connectivity index (χ2v) is 9.79. The van der Waals surface area contributed by atoms with Gasteiger partial charge in [0.2, 0.25) is 11.7 Å². The fraction of sp³-hybridized carbons (Fsp3) is 0.500. The molecule has 2 fully saturated rings. The summed E-state index contributed by atoms with van der Waals surface area (Å²) in [6.07, 6.45) is -5.38. The van der Waals surface area contributed by atoms with Crippen LogP contribution in [0.25, 0.3) is 11.0 Å². The van der Waals surface area contributed by atoms with E-state index in [1.165, 1.54) is 22.9 Å². The van der Waals surface area contributed by atoms with E-state index >= 15 is 0 Å². The molecule has 0 aliphatic carbocycles.